The van der Waals surface area contributed by atoms with Crippen molar-refractivity contribution in [2.24, 2.45) is 5.41 Å². The van der Waals surface area contributed by atoms with Crippen LogP contribution in [0.1, 0.15) is 44.4 Å². The lowest BCUT2D eigenvalue weighted by Crippen LogP contribution is -2.14. The summed E-state index contributed by atoms with van der Waals surface area (Å²) in [6, 6.07) is 20.9. The van der Waals surface area contributed by atoms with Crippen molar-refractivity contribution in [1.29, 1.82) is 0 Å². The molecule has 0 bridgehead atoms. The van der Waals surface area contributed by atoms with Gasteiger partial charge in [0, 0.05) is 17.8 Å². The molecule has 0 fully saturated rings. The van der Waals surface area contributed by atoms with Crippen LogP contribution in [0.25, 0.3) is 22.4 Å². The van der Waals surface area contributed by atoms with Crippen molar-refractivity contribution in [2.45, 2.75) is 46.1 Å². The maximum absolute atomic E-state index is 11.5. The number of hydrogen-bond acceptors (Lipinski definition) is 1. The Bertz CT molecular complexity index is 1000. The highest BCUT2D eigenvalue weighted by Gasteiger charge is 2.37. The molecule has 0 saturated carbocycles. The summed E-state index contributed by atoms with van der Waals surface area (Å²) in [5.74, 6) is -0.787. The Morgan fingerprint density at radius 2 is 1.61 bits per heavy atom. The topological polar surface area (TPSA) is 42.2 Å². The lowest BCUT2D eigenvalue weighted by Gasteiger charge is -2.20. The Balaban J connectivity index is 2.03. The van der Waals surface area contributed by atoms with Gasteiger partial charge in [-0.3, -0.25) is 4.79 Å². The molecule has 0 saturated heterocycles. The number of benzene rings is 2. The minimum Gasteiger partial charge on any atom is -0.481 e. The fraction of sp³-hybridized carbons (Fsp3) is 0.320. The van der Waals surface area contributed by atoms with Gasteiger partial charge in [-0.1, -0.05) is 81.4 Å². The van der Waals surface area contributed by atoms with Gasteiger partial charge in [0.2, 0.25) is 0 Å². The van der Waals surface area contributed by atoms with Crippen molar-refractivity contribution < 1.29 is 9.90 Å². The van der Waals surface area contributed by atoms with Crippen molar-refractivity contribution >= 4 is 5.97 Å². The SMILES string of the molecule is CC(CC(=O)O)c1c(-c2ccccc2)c(-c2ccccc2)n2c1CC(C)(C)C2. The molecule has 4 rings (SSSR count). The van der Waals surface area contributed by atoms with Crippen LogP contribution in [0, 0.1) is 5.41 Å². The zero-order valence-electron chi connectivity index (χ0n) is 16.8. The summed E-state index contributed by atoms with van der Waals surface area (Å²) < 4.78 is 2.45. The molecule has 2 aromatic carbocycles. The molecule has 3 heteroatoms. The normalized spacial score (nSPS) is 16.0. The summed E-state index contributed by atoms with van der Waals surface area (Å²) in [6.45, 7) is 7.59. The Labute approximate surface area is 166 Å². The second kappa shape index (κ2) is 6.97. The highest BCUT2D eigenvalue weighted by atomic mass is 16.4. The first-order valence-corrected chi connectivity index (χ1v) is 9.95. The van der Waals surface area contributed by atoms with E-state index in [0.717, 1.165) is 18.5 Å². The second-order valence-electron chi connectivity index (χ2n) is 8.74. The van der Waals surface area contributed by atoms with Crippen LogP contribution in [0.5, 0.6) is 0 Å². The van der Waals surface area contributed by atoms with E-state index in [0.29, 0.717) is 0 Å². The van der Waals surface area contributed by atoms with E-state index in [9.17, 15) is 9.90 Å². The Kier molecular flexibility index (Phi) is 4.62. The van der Waals surface area contributed by atoms with E-state index in [4.69, 9.17) is 0 Å². The van der Waals surface area contributed by atoms with Crippen molar-refractivity contribution in [3.05, 3.63) is 71.9 Å². The van der Waals surface area contributed by atoms with Gasteiger partial charge in [0.05, 0.1) is 12.1 Å². The third kappa shape index (κ3) is 3.26. The smallest absolute Gasteiger partial charge is 0.303 e. The van der Waals surface area contributed by atoms with Crippen LogP contribution < -0.4 is 0 Å². The summed E-state index contributed by atoms with van der Waals surface area (Å²) in [7, 11) is 0. The van der Waals surface area contributed by atoms with E-state index >= 15 is 0 Å². The van der Waals surface area contributed by atoms with E-state index < -0.39 is 5.97 Å². The molecule has 1 aliphatic rings. The average molecular weight is 373 g/mol. The molecule has 0 amide bonds. The lowest BCUT2D eigenvalue weighted by atomic mass is 9.84. The Morgan fingerprint density at radius 1 is 1.04 bits per heavy atom. The molecule has 2 heterocycles. The summed E-state index contributed by atoms with van der Waals surface area (Å²) in [5.41, 5.74) is 7.45. The van der Waals surface area contributed by atoms with Crippen LogP contribution in [0.2, 0.25) is 0 Å². The minimum atomic E-state index is -0.745. The van der Waals surface area contributed by atoms with Crippen molar-refractivity contribution in [3.8, 4) is 22.4 Å². The largest absolute Gasteiger partial charge is 0.481 e. The number of aromatic nitrogens is 1. The number of carboxylic acids is 1. The maximum atomic E-state index is 11.5. The van der Waals surface area contributed by atoms with Gasteiger partial charge in [-0.2, -0.15) is 0 Å². The number of nitrogens with zero attached hydrogens (tertiary/aromatic N) is 1. The predicted molar refractivity (Wildman–Crippen MR) is 113 cm³/mol. The predicted octanol–water partition coefficient (Wildman–Crippen LogP) is 5.98. The molecule has 0 aliphatic carbocycles. The molecule has 0 spiro atoms. The third-order valence-corrected chi connectivity index (χ3v) is 5.73. The Morgan fingerprint density at radius 3 is 2.18 bits per heavy atom. The van der Waals surface area contributed by atoms with Gasteiger partial charge in [-0.25, -0.2) is 0 Å². The molecular weight excluding hydrogens is 346 g/mol. The first-order valence-electron chi connectivity index (χ1n) is 9.95. The summed E-state index contributed by atoms with van der Waals surface area (Å²) in [5, 5.41) is 9.47. The van der Waals surface area contributed by atoms with E-state index in [1.54, 1.807) is 0 Å². The third-order valence-electron chi connectivity index (χ3n) is 5.73. The molecule has 3 nitrogen and oxygen atoms in total. The highest BCUT2D eigenvalue weighted by Crippen LogP contribution is 2.48. The molecule has 3 aromatic rings. The van der Waals surface area contributed by atoms with Crippen molar-refractivity contribution in [2.75, 3.05) is 0 Å². The second-order valence-corrected chi connectivity index (χ2v) is 8.74. The standard InChI is InChI=1S/C25H27NO2/c1-17(14-21(27)28)22-20-15-25(2,3)16-26(20)24(19-12-8-5-9-13-19)23(22)18-10-6-4-7-11-18/h4-13,17H,14-16H2,1-3H3,(H,27,28). The van der Waals surface area contributed by atoms with Gasteiger partial charge in [0.25, 0.3) is 0 Å². The zero-order valence-corrected chi connectivity index (χ0v) is 16.8. The number of fused-ring (bicyclic) bond motifs is 1. The maximum Gasteiger partial charge on any atom is 0.303 e. The quantitative estimate of drug-likeness (QED) is 0.597. The highest BCUT2D eigenvalue weighted by molar-refractivity contribution is 5.87. The molecule has 144 valence electrons. The molecule has 1 unspecified atom stereocenters. The average Bonchev–Trinajstić information content (AvgIpc) is 3.12. The van der Waals surface area contributed by atoms with Crippen LogP contribution in [0.15, 0.2) is 60.7 Å². The number of carboxylic acid groups (broad SMARTS) is 1. The van der Waals surface area contributed by atoms with E-state index in [2.05, 4.69) is 73.9 Å². The summed E-state index contributed by atoms with van der Waals surface area (Å²) in [6.07, 6.45) is 1.12. The monoisotopic (exact) mass is 373 g/mol. The zero-order chi connectivity index (χ0) is 19.9. The van der Waals surface area contributed by atoms with Gasteiger partial charge in [0.15, 0.2) is 0 Å². The van der Waals surface area contributed by atoms with Crippen LogP contribution in [0.4, 0.5) is 0 Å². The van der Waals surface area contributed by atoms with Crippen LogP contribution >= 0.6 is 0 Å². The summed E-state index contributed by atoms with van der Waals surface area (Å²) in [4.78, 5) is 11.5. The molecule has 1 aromatic heterocycles. The molecule has 28 heavy (non-hydrogen) atoms. The molecule has 1 atom stereocenters. The van der Waals surface area contributed by atoms with Gasteiger partial charge in [-0.05, 0) is 34.4 Å². The minimum absolute atomic E-state index is 0.0414. The van der Waals surface area contributed by atoms with Gasteiger partial charge in [-0.15, -0.1) is 0 Å². The van der Waals surface area contributed by atoms with Crippen molar-refractivity contribution in [3.63, 3.8) is 0 Å². The van der Waals surface area contributed by atoms with Crippen molar-refractivity contribution in [1.82, 2.24) is 4.57 Å². The first kappa shape index (κ1) is 18.5. The lowest BCUT2D eigenvalue weighted by molar-refractivity contribution is -0.137. The Hall–Kier alpha value is -2.81. The number of carbonyl (C=O) groups is 1. The fourth-order valence-corrected chi connectivity index (χ4v) is 4.68. The van der Waals surface area contributed by atoms with E-state index in [1.165, 1.54) is 28.1 Å². The summed E-state index contributed by atoms with van der Waals surface area (Å²) >= 11 is 0. The van der Waals surface area contributed by atoms with E-state index in [1.807, 2.05) is 12.1 Å². The number of aliphatic carboxylic acids is 1. The first-order chi connectivity index (χ1) is 13.4. The number of hydrogen-bond donors (Lipinski definition) is 1. The number of rotatable bonds is 5. The van der Waals surface area contributed by atoms with Gasteiger partial charge in [0.1, 0.15) is 0 Å². The molecule has 1 aliphatic heterocycles. The van der Waals surface area contributed by atoms with Gasteiger partial charge < -0.3 is 9.67 Å². The molecule has 0 radical (unpaired) electrons. The van der Waals surface area contributed by atoms with Gasteiger partial charge >= 0.3 is 5.97 Å². The fourth-order valence-electron chi connectivity index (χ4n) is 4.68. The molecular formula is C25H27NO2. The van der Waals surface area contributed by atoms with Crippen LogP contribution in [-0.4, -0.2) is 15.6 Å². The van der Waals surface area contributed by atoms with E-state index in [-0.39, 0.29) is 17.8 Å². The van der Waals surface area contributed by atoms with Crippen LogP contribution in [0.3, 0.4) is 0 Å². The van der Waals surface area contributed by atoms with Crippen LogP contribution in [-0.2, 0) is 17.8 Å². The molecule has 1 N–H and O–H groups in total.